The molecule has 4 heteroatoms. The number of nitrogen functional groups attached to an aromatic ring is 1. The minimum Gasteiger partial charge on any atom is -0.399 e. The third-order valence-corrected chi connectivity index (χ3v) is 4.20. The summed E-state index contributed by atoms with van der Waals surface area (Å²) < 4.78 is 0. The van der Waals surface area contributed by atoms with Crippen molar-refractivity contribution in [1.29, 1.82) is 0 Å². The molecule has 0 aliphatic carbocycles. The summed E-state index contributed by atoms with van der Waals surface area (Å²) in [4.78, 5) is 14.6. The maximum absolute atomic E-state index is 12.2. The van der Waals surface area contributed by atoms with Gasteiger partial charge in [0.2, 0.25) is 5.91 Å². The van der Waals surface area contributed by atoms with Gasteiger partial charge in [-0.05, 0) is 56.1 Å². The lowest BCUT2D eigenvalue weighted by Gasteiger charge is -2.21. The van der Waals surface area contributed by atoms with Gasteiger partial charge in [-0.1, -0.05) is 43.3 Å². The van der Waals surface area contributed by atoms with E-state index in [1.54, 1.807) is 0 Å². The third kappa shape index (κ3) is 6.59. The second-order valence-electron chi connectivity index (χ2n) is 6.49. The van der Waals surface area contributed by atoms with Crippen LogP contribution < -0.4 is 11.1 Å². The third-order valence-electron chi connectivity index (χ3n) is 4.20. The number of aryl methyl sites for hydroxylation is 1. The molecule has 3 N–H and O–H groups in total. The van der Waals surface area contributed by atoms with Crippen LogP contribution in [0.3, 0.4) is 0 Å². The van der Waals surface area contributed by atoms with Crippen LogP contribution in [0, 0.1) is 6.92 Å². The number of nitrogens with one attached hydrogen (secondary N) is 1. The molecule has 0 heterocycles. The van der Waals surface area contributed by atoms with Gasteiger partial charge in [0.1, 0.15) is 0 Å². The summed E-state index contributed by atoms with van der Waals surface area (Å²) in [7, 11) is 0. The molecule has 0 saturated carbocycles. The highest BCUT2D eigenvalue weighted by Crippen LogP contribution is 2.18. The molecule has 2 aromatic carbocycles. The molecule has 0 atom stereocenters. The summed E-state index contributed by atoms with van der Waals surface area (Å²) in [5.41, 5.74) is 9.60. The summed E-state index contributed by atoms with van der Waals surface area (Å²) in [5.74, 6) is 0.0462. The number of hydrogen-bond donors (Lipinski definition) is 2. The fraction of sp³-hybridized carbons (Fsp3) is 0.381. The van der Waals surface area contributed by atoms with E-state index in [0.29, 0.717) is 12.1 Å². The van der Waals surface area contributed by atoms with Crippen molar-refractivity contribution in [2.24, 2.45) is 0 Å². The Hall–Kier alpha value is -2.33. The number of nitrogens with zero attached hydrogens (tertiary/aromatic N) is 1. The normalized spacial score (nSPS) is 10.8. The van der Waals surface area contributed by atoms with Gasteiger partial charge in [-0.2, -0.15) is 0 Å². The lowest BCUT2D eigenvalue weighted by Crippen LogP contribution is -2.26. The molecule has 0 bridgehead atoms. The van der Waals surface area contributed by atoms with Crippen molar-refractivity contribution in [2.45, 2.75) is 39.7 Å². The predicted octanol–water partition coefficient (Wildman–Crippen LogP) is 4.21. The standard InChI is InChI=1S/C21H29N3O/c1-3-13-24(16-18-8-5-4-6-9-18)14-7-10-21(25)23-20-15-19(22)12-11-17(20)2/h4-6,8-9,11-12,15H,3,7,10,13-14,16,22H2,1-2H3,(H,23,25). The van der Waals surface area contributed by atoms with Crippen molar-refractivity contribution >= 4 is 17.3 Å². The number of amides is 1. The van der Waals surface area contributed by atoms with Crippen molar-refractivity contribution in [3.8, 4) is 0 Å². The van der Waals surface area contributed by atoms with E-state index < -0.39 is 0 Å². The number of carbonyl (C=O) groups excluding carboxylic acids is 1. The Labute approximate surface area is 151 Å². The van der Waals surface area contributed by atoms with Crippen molar-refractivity contribution in [1.82, 2.24) is 4.90 Å². The minimum absolute atomic E-state index is 0.0462. The van der Waals surface area contributed by atoms with E-state index in [1.807, 2.05) is 31.2 Å². The van der Waals surface area contributed by atoms with Crippen LogP contribution in [0.2, 0.25) is 0 Å². The molecule has 1 amide bonds. The lowest BCUT2D eigenvalue weighted by atomic mass is 10.1. The summed E-state index contributed by atoms with van der Waals surface area (Å²) >= 11 is 0. The molecule has 0 fully saturated rings. The fourth-order valence-corrected chi connectivity index (χ4v) is 2.88. The van der Waals surface area contributed by atoms with Crippen LogP contribution in [0.15, 0.2) is 48.5 Å². The Morgan fingerprint density at radius 2 is 1.88 bits per heavy atom. The molecule has 0 unspecified atom stereocenters. The van der Waals surface area contributed by atoms with Crippen molar-refractivity contribution in [3.05, 3.63) is 59.7 Å². The molecule has 0 saturated heterocycles. The fourth-order valence-electron chi connectivity index (χ4n) is 2.88. The summed E-state index contributed by atoms with van der Waals surface area (Å²) in [5, 5.41) is 2.97. The highest BCUT2D eigenvalue weighted by molar-refractivity contribution is 5.92. The first kappa shape index (κ1) is 19.0. The SMILES string of the molecule is CCCN(CCCC(=O)Nc1cc(N)ccc1C)Cc1ccccc1. The molecular formula is C21H29N3O. The topological polar surface area (TPSA) is 58.4 Å². The van der Waals surface area contributed by atoms with Gasteiger partial charge in [-0.15, -0.1) is 0 Å². The van der Waals surface area contributed by atoms with E-state index in [1.165, 1.54) is 5.56 Å². The molecule has 2 aromatic rings. The van der Waals surface area contributed by atoms with Gasteiger partial charge >= 0.3 is 0 Å². The van der Waals surface area contributed by atoms with Crippen LogP contribution in [0.1, 0.15) is 37.3 Å². The van der Waals surface area contributed by atoms with Gasteiger partial charge in [0.25, 0.3) is 0 Å². The zero-order valence-corrected chi connectivity index (χ0v) is 15.3. The number of hydrogen-bond acceptors (Lipinski definition) is 3. The highest BCUT2D eigenvalue weighted by Gasteiger charge is 2.08. The average Bonchev–Trinajstić information content (AvgIpc) is 2.59. The van der Waals surface area contributed by atoms with E-state index in [9.17, 15) is 4.79 Å². The van der Waals surface area contributed by atoms with E-state index in [-0.39, 0.29) is 5.91 Å². The number of benzene rings is 2. The van der Waals surface area contributed by atoms with Crippen molar-refractivity contribution in [2.75, 3.05) is 24.1 Å². The maximum atomic E-state index is 12.2. The first-order chi connectivity index (χ1) is 12.1. The number of carbonyl (C=O) groups is 1. The smallest absolute Gasteiger partial charge is 0.224 e. The predicted molar refractivity (Wildman–Crippen MR) is 105 cm³/mol. The zero-order chi connectivity index (χ0) is 18.1. The molecule has 134 valence electrons. The Kier molecular flexibility index (Phi) is 7.48. The first-order valence-electron chi connectivity index (χ1n) is 9.00. The van der Waals surface area contributed by atoms with Crippen molar-refractivity contribution in [3.63, 3.8) is 0 Å². The molecule has 25 heavy (non-hydrogen) atoms. The number of rotatable bonds is 9. The first-order valence-corrected chi connectivity index (χ1v) is 9.00. The molecule has 0 radical (unpaired) electrons. The molecule has 0 aliphatic rings. The Morgan fingerprint density at radius 3 is 2.60 bits per heavy atom. The van der Waals surface area contributed by atoms with Crippen LogP contribution >= 0.6 is 0 Å². The molecule has 4 nitrogen and oxygen atoms in total. The van der Waals surface area contributed by atoms with Crippen LogP contribution in [0.5, 0.6) is 0 Å². The molecule has 0 aliphatic heterocycles. The van der Waals surface area contributed by atoms with Crippen LogP contribution in [0.25, 0.3) is 0 Å². The summed E-state index contributed by atoms with van der Waals surface area (Å²) in [6.45, 7) is 7.06. The summed E-state index contributed by atoms with van der Waals surface area (Å²) in [6.07, 6.45) is 2.48. The second-order valence-corrected chi connectivity index (χ2v) is 6.49. The van der Waals surface area contributed by atoms with E-state index >= 15 is 0 Å². The lowest BCUT2D eigenvalue weighted by molar-refractivity contribution is -0.116. The quantitative estimate of drug-likeness (QED) is 0.673. The second kappa shape index (κ2) is 9.84. The largest absolute Gasteiger partial charge is 0.399 e. The van der Waals surface area contributed by atoms with E-state index in [4.69, 9.17) is 5.73 Å². The Bertz CT molecular complexity index is 670. The zero-order valence-electron chi connectivity index (χ0n) is 15.3. The maximum Gasteiger partial charge on any atom is 0.224 e. The van der Waals surface area contributed by atoms with Crippen LogP contribution in [-0.4, -0.2) is 23.9 Å². The average molecular weight is 339 g/mol. The minimum atomic E-state index is 0.0462. The van der Waals surface area contributed by atoms with E-state index in [0.717, 1.165) is 43.7 Å². The van der Waals surface area contributed by atoms with Gasteiger partial charge < -0.3 is 11.1 Å². The van der Waals surface area contributed by atoms with Crippen molar-refractivity contribution < 1.29 is 4.79 Å². The molecule has 0 aromatic heterocycles. The van der Waals surface area contributed by atoms with Gasteiger partial charge in [-0.25, -0.2) is 0 Å². The van der Waals surface area contributed by atoms with Crippen LogP contribution in [0.4, 0.5) is 11.4 Å². The monoisotopic (exact) mass is 339 g/mol. The Morgan fingerprint density at radius 1 is 1.12 bits per heavy atom. The molecule has 2 rings (SSSR count). The number of nitrogens with two attached hydrogens (primary N) is 1. The number of anilines is 2. The van der Waals surface area contributed by atoms with Gasteiger partial charge in [0.15, 0.2) is 0 Å². The Balaban J connectivity index is 1.80. The van der Waals surface area contributed by atoms with Gasteiger partial charge in [0, 0.05) is 24.3 Å². The van der Waals surface area contributed by atoms with Gasteiger partial charge in [0.05, 0.1) is 0 Å². The van der Waals surface area contributed by atoms with E-state index in [2.05, 4.69) is 41.4 Å². The molecule has 0 spiro atoms. The summed E-state index contributed by atoms with van der Waals surface area (Å²) in [6, 6.07) is 16.1. The van der Waals surface area contributed by atoms with Gasteiger partial charge in [-0.3, -0.25) is 9.69 Å². The van der Waals surface area contributed by atoms with Crippen LogP contribution in [-0.2, 0) is 11.3 Å². The molecular weight excluding hydrogens is 310 g/mol. The highest BCUT2D eigenvalue weighted by atomic mass is 16.1.